The molecular formula is C22H24N2O3. The molecule has 0 aliphatic heterocycles. The molecule has 3 aromatic rings. The highest BCUT2D eigenvalue weighted by atomic mass is 16.5. The number of amides is 1. The normalized spacial score (nSPS) is 11.7. The lowest BCUT2D eigenvalue weighted by molar-refractivity contribution is -0.116. The second-order valence-electron chi connectivity index (χ2n) is 6.38. The Morgan fingerprint density at radius 1 is 1.04 bits per heavy atom. The zero-order valence-electron chi connectivity index (χ0n) is 15.8. The lowest BCUT2D eigenvalue weighted by Crippen LogP contribution is -2.20. The Balaban J connectivity index is 1.81. The number of benzene rings is 2. The van der Waals surface area contributed by atoms with Gasteiger partial charge < -0.3 is 19.4 Å². The van der Waals surface area contributed by atoms with Crippen LogP contribution in [0.3, 0.4) is 0 Å². The topological polar surface area (TPSA) is 52.5 Å². The smallest absolute Gasteiger partial charge is 0.226 e. The number of ether oxygens (including phenoxy) is 2. The predicted octanol–water partition coefficient (Wildman–Crippen LogP) is 4.43. The maximum Gasteiger partial charge on any atom is 0.226 e. The average molecular weight is 364 g/mol. The number of anilines is 1. The highest BCUT2D eigenvalue weighted by Gasteiger charge is 2.18. The number of nitrogens with zero attached hydrogens (tertiary/aromatic N) is 1. The van der Waals surface area contributed by atoms with Crippen LogP contribution in [-0.2, 0) is 4.79 Å². The molecule has 0 radical (unpaired) electrons. The van der Waals surface area contributed by atoms with Gasteiger partial charge in [0.05, 0.1) is 32.4 Å². The van der Waals surface area contributed by atoms with Crippen LogP contribution in [0.25, 0.3) is 0 Å². The van der Waals surface area contributed by atoms with Crippen LogP contribution >= 0.6 is 0 Å². The molecule has 0 aliphatic rings. The summed E-state index contributed by atoms with van der Waals surface area (Å²) in [6.45, 7) is 2.05. The van der Waals surface area contributed by atoms with Crippen LogP contribution in [0.5, 0.6) is 11.5 Å². The molecule has 27 heavy (non-hydrogen) atoms. The van der Waals surface area contributed by atoms with E-state index < -0.39 is 0 Å². The third-order valence-electron chi connectivity index (χ3n) is 4.48. The molecule has 3 rings (SSSR count). The molecule has 2 aromatic carbocycles. The first kappa shape index (κ1) is 18.6. The van der Waals surface area contributed by atoms with E-state index in [1.165, 1.54) is 5.56 Å². The number of nitrogens with one attached hydrogen (secondary N) is 1. The summed E-state index contributed by atoms with van der Waals surface area (Å²) in [6, 6.07) is 17.4. The van der Waals surface area contributed by atoms with Crippen molar-refractivity contribution in [1.82, 2.24) is 4.57 Å². The minimum atomic E-state index is -0.0846. The van der Waals surface area contributed by atoms with E-state index in [0.29, 0.717) is 23.6 Å². The molecule has 0 aliphatic carbocycles. The number of hydrogen-bond acceptors (Lipinski definition) is 3. The number of carbonyl (C=O) groups excluding carboxylic acids is 1. The molecule has 1 heterocycles. The highest BCUT2D eigenvalue weighted by molar-refractivity contribution is 5.93. The summed E-state index contributed by atoms with van der Waals surface area (Å²) in [4.78, 5) is 12.8. The van der Waals surface area contributed by atoms with Gasteiger partial charge >= 0.3 is 0 Å². The van der Waals surface area contributed by atoms with Crippen molar-refractivity contribution in [3.8, 4) is 11.5 Å². The first-order chi connectivity index (χ1) is 13.1. The third-order valence-corrected chi connectivity index (χ3v) is 4.48. The van der Waals surface area contributed by atoms with Gasteiger partial charge in [0.25, 0.3) is 0 Å². The standard InChI is InChI=1S/C22H24N2O3/c1-16-7-6-8-17(13-16)20(24-11-4-5-12-24)15-22(25)23-19-10-9-18(26-2)14-21(19)27-3/h4-14,20H,15H2,1-3H3,(H,23,25)/t20-/m0/s1. The summed E-state index contributed by atoms with van der Waals surface area (Å²) in [6.07, 6.45) is 4.27. The molecular weight excluding hydrogens is 340 g/mol. The van der Waals surface area contributed by atoms with Gasteiger partial charge in [-0.1, -0.05) is 29.8 Å². The van der Waals surface area contributed by atoms with Gasteiger partial charge in [0.1, 0.15) is 11.5 Å². The fraction of sp³-hybridized carbons (Fsp3) is 0.227. The average Bonchev–Trinajstić information content (AvgIpc) is 3.21. The molecule has 0 saturated carbocycles. The van der Waals surface area contributed by atoms with Crippen LogP contribution in [0.1, 0.15) is 23.6 Å². The largest absolute Gasteiger partial charge is 0.497 e. The Bertz CT molecular complexity index is 904. The number of methoxy groups -OCH3 is 2. The maximum absolute atomic E-state index is 12.8. The monoisotopic (exact) mass is 364 g/mol. The van der Waals surface area contributed by atoms with Gasteiger partial charge in [0.15, 0.2) is 0 Å². The van der Waals surface area contributed by atoms with Crippen molar-refractivity contribution in [2.75, 3.05) is 19.5 Å². The molecule has 1 atom stereocenters. The minimum absolute atomic E-state index is 0.0795. The summed E-state index contributed by atoms with van der Waals surface area (Å²) >= 11 is 0. The maximum atomic E-state index is 12.8. The van der Waals surface area contributed by atoms with Crippen molar-refractivity contribution in [3.63, 3.8) is 0 Å². The van der Waals surface area contributed by atoms with E-state index in [-0.39, 0.29) is 11.9 Å². The first-order valence-electron chi connectivity index (χ1n) is 8.81. The zero-order valence-corrected chi connectivity index (χ0v) is 15.8. The number of hydrogen-bond donors (Lipinski definition) is 1. The third kappa shape index (κ3) is 4.50. The number of carbonyl (C=O) groups is 1. The SMILES string of the molecule is COc1ccc(NC(=O)C[C@@H](c2cccc(C)c2)n2cccc2)c(OC)c1. The van der Waals surface area contributed by atoms with Crippen LogP contribution < -0.4 is 14.8 Å². The minimum Gasteiger partial charge on any atom is -0.497 e. The van der Waals surface area contributed by atoms with E-state index in [1.807, 2.05) is 30.6 Å². The van der Waals surface area contributed by atoms with E-state index in [0.717, 1.165) is 5.56 Å². The molecule has 0 spiro atoms. The summed E-state index contributed by atoms with van der Waals surface area (Å²) in [5.41, 5.74) is 2.89. The van der Waals surface area contributed by atoms with E-state index >= 15 is 0 Å². The van der Waals surface area contributed by atoms with Crippen LogP contribution in [0.15, 0.2) is 67.0 Å². The Hall–Kier alpha value is -3.21. The van der Waals surface area contributed by atoms with Gasteiger partial charge in [-0.3, -0.25) is 4.79 Å². The quantitative estimate of drug-likeness (QED) is 0.675. The van der Waals surface area contributed by atoms with E-state index in [1.54, 1.807) is 32.4 Å². The van der Waals surface area contributed by atoms with Crippen LogP contribution in [0.4, 0.5) is 5.69 Å². The molecule has 0 fully saturated rings. The first-order valence-corrected chi connectivity index (χ1v) is 8.81. The Kier molecular flexibility index (Phi) is 5.81. The lowest BCUT2D eigenvalue weighted by Gasteiger charge is -2.20. The summed E-state index contributed by atoms with van der Waals surface area (Å²) < 4.78 is 12.6. The van der Waals surface area contributed by atoms with Gasteiger partial charge in [-0.15, -0.1) is 0 Å². The molecule has 0 saturated heterocycles. The lowest BCUT2D eigenvalue weighted by atomic mass is 10.0. The van der Waals surface area contributed by atoms with Gasteiger partial charge in [0.2, 0.25) is 5.91 Å². The van der Waals surface area contributed by atoms with Crippen LogP contribution in [0.2, 0.25) is 0 Å². The summed E-state index contributed by atoms with van der Waals surface area (Å²) in [5, 5.41) is 2.96. The van der Waals surface area contributed by atoms with Crippen molar-refractivity contribution < 1.29 is 14.3 Å². The van der Waals surface area contributed by atoms with Crippen molar-refractivity contribution in [2.24, 2.45) is 0 Å². The Morgan fingerprint density at radius 3 is 2.48 bits per heavy atom. The van der Waals surface area contributed by atoms with Crippen LogP contribution in [-0.4, -0.2) is 24.7 Å². The van der Waals surface area contributed by atoms with Gasteiger partial charge in [0, 0.05) is 18.5 Å². The van der Waals surface area contributed by atoms with Crippen molar-refractivity contribution in [1.29, 1.82) is 0 Å². The molecule has 5 nitrogen and oxygen atoms in total. The second-order valence-corrected chi connectivity index (χ2v) is 6.38. The zero-order chi connectivity index (χ0) is 19.2. The second kappa shape index (κ2) is 8.45. The van der Waals surface area contributed by atoms with E-state index in [4.69, 9.17) is 9.47 Å². The van der Waals surface area contributed by atoms with E-state index in [9.17, 15) is 4.79 Å². The van der Waals surface area contributed by atoms with Crippen LogP contribution in [0, 0.1) is 6.92 Å². The Morgan fingerprint density at radius 2 is 1.81 bits per heavy atom. The summed E-state index contributed by atoms with van der Waals surface area (Å²) in [5.74, 6) is 1.16. The molecule has 0 unspecified atom stereocenters. The summed E-state index contributed by atoms with van der Waals surface area (Å²) in [7, 11) is 3.16. The molecule has 5 heteroatoms. The molecule has 0 bridgehead atoms. The van der Waals surface area contributed by atoms with Gasteiger partial charge in [-0.05, 0) is 36.8 Å². The van der Waals surface area contributed by atoms with Crippen molar-refractivity contribution >= 4 is 11.6 Å². The number of rotatable bonds is 7. The molecule has 140 valence electrons. The van der Waals surface area contributed by atoms with E-state index in [2.05, 4.69) is 35.0 Å². The number of aromatic nitrogens is 1. The predicted molar refractivity (Wildman–Crippen MR) is 107 cm³/mol. The van der Waals surface area contributed by atoms with Gasteiger partial charge in [-0.2, -0.15) is 0 Å². The molecule has 1 N–H and O–H groups in total. The van der Waals surface area contributed by atoms with Crippen molar-refractivity contribution in [2.45, 2.75) is 19.4 Å². The van der Waals surface area contributed by atoms with Gasteiger partial charge in [-0.25, -0.2) is 0 Å². The fourth-order valence-electron chi connectivity index (χ4n) is 3.11. The highest BCUT2D eigenvalue weighted by Crippen LogP contribution is 2.30. The molecule has 1 aromatic heterocycles. The molecule has 1 amide bonds. The Labute approximate surface area is 159 Å². The van der Waals surface area contributed by atoms with Crippen molar-refractivity contribution in [3.05, 3.63) is 78.1 Å². The fourth-order valence-corrected chi connectivity index (χ4v) is 3.11. The number of aryl methyl sites for hydroxylation is 1.